The van der Waals surface area contributed by atoms with Crippen LogP contribution in [0.2, 0.25) is 0 Å². The van der Waals surface area contributed by atoms with Crippen molar-refractivity contribution in [2.45, 2.75) is 44.8 Å². The summed E-state index contributed by atoms with van der Waals surface area (Å²) in [6.45, 7) is 6.32. The van der Waals surface area contributed by atoms with Gasteiger partial charge in [-0.3, -0.25) is 0 Å². The molecule has 0 saturated carbocycles. The lowest BCUT2D eigenvalue weighted by molar-refractivity contribution is -0.169. The third kappa shape index (κ3) is 4.45. The number of aromatic nitrogens is 2. The van der Waals surface area contributed by atoms with Crippen LogP contribution >= 0.6 is 0 Å². The van der Waals surface area contributed by atoms with Crippen LogP contribution in [0.3, 0.4) is 0 Å². The fraction of sp³-hybridized carbons (Fsp3) is 0.545. The zero-order valence-electron chi connectivity index (χ0n) is 16.7. The van der Waals surface area contributed by atoms with Gasteiger partial charge in [-0.25, -0.2) is 9.97 Å². The van der Waals surface area contributed by atoms with E-state index in [0.717, 1.165) is 61.9 Å². The molecule has 2 saturated heterocycles. The number of rotatable bonds is 7. The van der Waals surface area contributed by atoms with E-state index in [9.17, 15) is 0 Å². The highest BCUT2D eigenvalue weighted by Gasteiger charge is 2.40. The average molecular weight is 383 g/mol. The van der Waals surface area contributed by atoms with E-state index in [4.69, 9.17) is 19.4 Å². The molecule has 28 heavy (non-hydrogen) atoms. The Balaban J connectivity index is 1.53. The van der Waals surface area contributed by atoms with Crippen LogP contribution in [-0.2, 0) is 9.47 Å². The SMILES string of the molecule is CCCCCNc1cc(N2CCC3(CC2)OCCO3)nc(-c2ccccc2)n1. The summed E-state index contributed by atoms with van der Waals surface area (Å²) in [4.78, 5) is 12.0. The molecule has 0 bridgehead atoms. The minimum absolute atomic E-state index is 0.368. The van der Waals surface area contributed by atoms with Gasteiger partial charge < -0.3 is 19.7 Å². The van der Waals surface area contributed by atoms with Gasteiger partial charge in [-0.2, -0.15) is 0 Å². The van der Waals surface area contributed by atoms with Gasteiger partial charge in [0.1, 0.15) is 11.6 Å². The van der Waals surface area contributed by atoms with Gasteiger partial charge in [-0.05, 0) is 6.42 Å². The molecule has 0 unspecified atom stereocenters. The van der Waals surface area contributed by atoms with Crippen LogP contribution in [-0.4, -0.2) is 48.6 Å². The molecule has 2 aliphatic heterocycles. The number of nitrogens with one attached hydrogen (secondary N) is 1. The Morgan fingerprint density at radius 3 is 2.50 bits per heavy atom. The van der Waals surface area contributed by atoms with E-state index in [1.165, 1.54) is 12.8 Å². The fourth-order valence-corrected chi connectivity index (χ4v) is 3.86. The molecule has 0 atom stereocenters. The summed E-state index contributed by atoms with van der Waals surface area (Å²) < 4.78 is 11.7. The van der Waals surface area contributed by atoms with E-state index in [1.807, 2.05) is 18.2 Å². The minimum Gasteiger partial charge on any atom is -0.370 e. The van der Waals surface area contributed by atoms with Crippen LogP contribution in [0.4, 0.5) is 11.6 Å². The largest absolute Gasteiger partial charge is 0.370 e. The second kappa shape index (κ2) is 8.88. The van der Waals surface area contributed by atoms with Gasteiger partial charge in [0.05, 0.1) is 13.2 Å². The molecule has 2 aromatic rings. The lowest BCUT2D eigenvalue weighted by Gasteiger charge is -2.38. The number of anilines is 2. The molecular weight excluding hydrogens is 352 g/mol. The molecule has 1 spiro atoms. The van der Waals surface area contributed by atoms with E-state index >= 15 is 0 Å². The van der Waals surface area contributed by atoms with Crippen molar-refractivity contribution in [3.05, 3.63) is 36.4 Å². The summed E-state index contributed by atoms with van der Waals surface area (Å²) in [5, 5.41) is 3.49. The van der Waals surface area contributed by atoms with Crippen molar-refractivity contribution in [1.29, 1.82) is 0 Å². The van der Waals surface area contributed by atoms with Crippen LogP contribution in [0, 0.1) is 0 Å². The van der Waals surface area contributed by atoms with Crippen molar-refractivity contribution < 1.29 is 9.47 Å². The van der Waals surface area contributed by atoms with Gasteiger partial charge in [-0.1, -0.05) is 50.1 Å². The molecule has 1 N–H and O–H groups in total. The van der Waals surface area contributed by atoms with E-state index in [0.29, 0.717) is 13.2 Å². The zero-order valence-corrected chi connectivity index (χ0v) is 16.7. The Bertz CT molecular complexity index is 752. The first-order valence-corrected chi connectivity index (χ1v) is 10.5. The van der Waals surface area contributed by atoms with Crippen molar-refractivity contribution in [3.8, 4) is 11.4 Å². The molecule has 6 heteroatoms. The highest BCUT2D eigenvalue weighted by Crippen LogP contribution is 2.33. The van der Waals surface area contributed by atoms with Crippen molar-refractivity contribution in [1.82, 2.24) is 9.97 Å². The molecule has 3 heterocycles. The van der Waals surface area contributed by atoms with E-state index < -0.39 is 0 Å². The predicted octanol–water partition coefficient (Wildman–Crippen LogP) is 4.09. The minimum atomic E-state index is -0.368. The van der Waals surface area contributed by atoms with E-state index in [2.05, 4.69) is 35.3 Å². The van der Waals surface area contributed by atoms with Crippen LogP contribution in [0.1, 0.15) is 39.0 Å². The number of piperidine rings is 1. The normalized spacial score (nSPS) is 18.5. The van der Waals surface area contributed by atoms with Gasteiger partial charge in [-0.15, -0.1) is 0 Å². The first-order valence-electron chi connectivity index (χ1n) is 10.5. The Labute approximate surface area is 167 Å². The maximum atomic E-state index is 5.86. The van der Waals surface area contributed by atoms with Crippen LogP contribution in [0.25, 0.3) is 11.4 Å². The molecule has 2 fully saturated rings. The van der Waals surface area contributed by atoms with Crippen molar-refractivity contribution in [3.63, 3.8) is 0 Å². The molecule has 0 amide bonds. The average Bonchev–Trinajstić information content (AvgIpc) is 3.20. The molecule has 150 valence electrons. The van der Waals surface area contributed by atoms with Gasteiger partial charge in [0, 0.05) is 44.1 Å². The third-order valence-electron chi connectivity index (χ3n) is 5.49. The van der Waals surface area contributed by atoms with Crippen molar-refractivity contribution in [2.75, 3.05) is 43.1 Å². The number of benzene rings is 1. The Hall–Kier alpha value is -2.18. The lowest BCUT2D eigenvalue weighted by atomic mass is 10.0. The molecule has 6 nitrogen and oxygen atoms in total. The van der Waals surface area contributed by atoms with Crippen molar-refractivity contribution in [2.24, 2.45) is 0 Å². The Morgan fingerprint density at radius 1 is 1.04 bits per heavy atom. The molecule has 2 aliphatic rings. The molecule has 4 rings (SSSR count). The number of ether oxygens (including phenoxy) is 2. The fourth-order valence-electron chi connectivity index (χ4n) is 3.86. The topological polar surface area (TPSA) is 59.5 Å². The molecule has 1 aromatic heterocycles. The summed E-state index contributed by atoms with van der Waals surface area (Å²) >= 11 is 0. The van der Waals surface area contributed by atoms with E-state index in [-0.39, 0.29) is 5.79 Å². The first kappa shape index (κ1) is 19.2. The summed E-state index contributed by atoms with van der Waals surface area (Å²) in [7, 11) is 0. The van der Waals surface area contributed by atoms with Crippen LogP contribution in [0.15, 0.2) is 36.4 Å². The second-order valence-corrected chi connectivity index (χ2v) is 7.53. The second-order valence-electron chi connectivity index (χ2n) is 7.53. The Morgan fingerprint density at radius 2 is 1.79 bits per heavy atom. The zero-order chi connectivity index (χ0) is 19.2. The standard InChI is InChI=1S/C22H30N4O2/c1-2-3-7-12-23-19-17-20(25-21(24-19)18-8-5-4-6-9-18)26-13-10-22(11-14-26)27-15-16-28-22/h4-6,8-9,17H,2-3,7,10-16H2,1H3,(H,23,24,25). The number of hydrogen-bond donors (Lipinski definition) is 1. The third-order valence-corrected chi connectivity index (χ3v) is 5.49. The highest BCUT2D eigenvalue weighted by molar-refractivity contribution is 5.61. The molecule has 1 aromatic carbocycles. The smallest absolute Gasteiger partial charge is 0.171 e. The highest BCUT2D eigenvalue weighted by atomic mass is 16.7. The number of unbranched alkanes of at least 4 members (excludes halogenated alkanes) is 2. The molecule has 0 aliphatic carbocycles. The van der Waals surface area contributed by atoms with Gasteiger partial charge in [0.25, 0.3) is 0 Å². The summed E-state index contributed by atoms with van der Waals surface area (Å²) in [6, 6.07) is 12.3. The van der Waals surface area contributed by atoms with Gasteiger partial charge in [0.2, 0.25) is 0 Å². The van der Waals surface area contributed by atoms with Crippen molar-refractivity contribution >= 4 is 11.6 Å². The predicted molar refractivity (Wildman–Crippen MR) is 112 cm³/mol. The Kier molecular flexibility index (Phi) is 6.07. The maximum Gasteiger partial charge on any atom is 0.171 e. The van der Waals surface area contributed by atoms with E-state index in [1.54, 1.807) is 0 Å². The van der Waals surface area contributed by atoms with Crippen LogP contribution in [0.5, 0.6) is 0 Å². The summed E-state index contributed by atoms with van der Waals surface area (Å²) in [5.41, 5.74) is 1.04. The quantitative estimate of drug-likeness (QED) is 0.728. The summed E-state index contributed by atoms with van der Waals surface area (Å²) in [6.07, 6.45) is 5.33. The van der Waals surface area contributed by atoms with Gasteiger partial charge in [0.15, 0.2) is 11.6 Å². The first-order chi connectivity index (χ1) is 13.8. The molecular formula is C22H30N4O2. The maximum absolute atomic E-state index is 5.86. The van der Waals surface area contributed by atoms with Gasteiger partial charge >= 0.3 is 0 Å². The number of nitrogens with zero attached hydrogens (tertiary/aromatic N) is 3. The number of hydrogen-bond acceptors (Lipinski definition) is 6. The monoisotopic (exact) mass is 382 g/mol. The lowest BCUT2D eigenvalue weighted by Crippen LogP contribution is -2.45. The molecule has 0 radical (unpaired) electrons. The summed E-state index contributed by atoms with van der Waals surface area (Å²) in [5.74, 6) is 2.27. The van der Waals surface area contributed by atoms with Crippen LogP contribution < -0.4 is 10.2 Å².